The van der Waals surface area contributed by atoms with Crippen molar-refractivity contribution in [3.05, 3.63) is 48.6 Å². The van der Waals surface area contributed by atoms with E-state index in [4.69, 9.17) is 9.05 Å². The molecule has 0 fully saturated rings. The molecule has 0 aliphatic heterocycles. The molecule has 0 aromatic carbocycles. The molecule has 0 rings (SSSR count). The van der Waals surface area contributed by atoms with Crippen LogP contribution in [0.5, 0.6) is 0 Å². The number of likely N-dealkylation sites (N-methyl/N-ethyl adjacent to an activating group) is 1. The number of aliphatic hydroxyl groups excluding tert-OH is 1. The van der Waals surface area contributed by atoms with Crippen LogP contribution in [0.3, 0.4) is 0 Å². The Morgan fingerprint density at radius 3 is 1.69 bits per heavy atom. The molecule has 0 saturated heterocycles. The Balaban J connectivity index is 4.63. The van der Waals surface area contributed by atoms with Crippen LogP contribution in [0.4, 0.5) is 0 Å². The van der Waals surface area contributed by atoms with Crippen LogP contribution in [0, 0.1) is 0 Å². The number of unbranched alkanes of at least 4 members (excludes halogenated alkanes) is 15. The zero-order valence-electron chi connectivity index (χ0n) is 32.2. The van der Waals surface area contributed by atoms with Gasteiger partial charge in [-0.05, 0) is 64.2 Å². The topological polar surface area (TPSA) is 105 Å². The first-order chi connectivity index (χ1) is 23.5. The Bertz CT molecular complexity index is 944. The second kappa shape index (κ2) is 32.4. The summed E-state index contributed by atoms with van der Waals surface area (Å²) in [6.45, 7) is 4.69. The Morgan fingerprint density at radius 2 is 1.14 bits per heavy atom. The summed E-state index contributed by atoms with van der Waals surface area (Å²) in [6, 6.07) is -0.871. The highest BCUT2D eigenvalue weighted by molar-refractivity contribution is 7.47. The van der Waals surface area contributed by atoms with E-state index in [1.54, 1.807) is 6.08 Å². The molecule has 0 spiro atoms. The third-order valence-corrected chi connectivity index (χ3v) is 9.23. The van der Waals surface area contributed by atoms with E-state index in [-0.39, 0.29) is 19.1 Å². The van der Waals surface area contributed by atoms with Crippen molar-refractivity contribution in [3.8, 4) is 0 Å². The minimum absolute atomic E-state index is 0.0505. The highest BCUT2D eigenvalue weighted by Gasteiger charge is 2.27. The average molecular weight is 712 g/mol. The zero-order chi connectivity index (χ0) is 36.5. The number of hydrogen-bond acceptors (Lipinski definition) is 5. The van der Waals surface area contributed by atoms with Gasteiger partial charge in [-0.1, -0.05) is 127 Å². The van der Waals surface area contributed by atoms with Crippen molar-refractivity contribution in [2.24, 2.45) is 0 Å². The van der Waals surface area contributed by atoms with Crippen molar-refractivity contribution in [2.75, 3.05) is 40.9 Å². The Hall–Kier alpha value is -1.54. The summed E-state index contributed by atoms with van der Waals surface area (Å²) < 4.78 is 23.4. The first-order valence-corrected chi connectivity index (χ1v) is 21.0. The standard InChI is InChI=1S/C40H75N2O6P/c1-6-8-10-12-14-16-18-19-20-21-22-24-25-27-29-31-33-39(43)38(37-48-49(45,46)47-36-35-42(3,4)5)41-40(44)34-32-30-28-26-23-17-15-13-11-9-7-2/h13,15,19-20,24-25,31,33,38-39,43H,6-12,14,16-18,21-23,26-30,32,34-37H2,1-5H3,(H-,41,44,45,46)/p+1/b15-13-,20-19+,25-24+,33-31+. The van der Waals surface area contributed by atoms with E-state index in [1.807, 2.05) is 27.2 Å². The normalized spacial score (nSPS) is 15.2. The van der Waals surface area contributed by atoms with E-state index in [0.717, 1.165) is 70.6 Å². The highest BCUT2D eigenvalue weighted by atomic mass is 31.2. The van der Waals surface area contributed by atoms with Crippen LogP contribution in [0.2, 0.25) is 0 Å². The molecular weight excluding hydrogens is 635 g/mol. The number of aliphatic hydroxyl groups is 1. The van der Waals surface area contributed by atoms with Gasteiger partial charge in [0.05, 0.1) is 39.9 Å². The minimum atomic E-state index is -4.34. The number of nitrogens with zero attached hydrogens (tertiary/aromatic N) is 1. The lowest BCUT2D eigenvalue weighted by Crippen LogP contribution is -2.45. The second-order valence-electron chi connectivity index (χ2n) is 14.3. The molecule has 286 valence electrons. The summed E-state index contributed by atoms with van der Waals surface area (Å²) in [6.07, 6.45) is 38.9. The Morgan fingerprint density at radius 1 is 0.673 bits per heavy atom. The first kappa shape index (κ1) is 47.5. The lowest BCUT2D eigenvalue weighted by molar-refractivity contribution is -0.870. The molecule has 0 aromatic rings. The summed E-state index contributed by atoms with van der Waals surface area (Å²) in [5, 5.41) is 13.7. The van der Waals surface area contributed by atoms with Gasteiger partial charge in [0, 0.05) is 6.42 Å². The lowest BCUT2D eigenvalue weighted by atomic mass is 10.1. The van der Waals surface area contributed by atoms with Gasteiger partial charge in [-0.3, -0.25) is 13.8 Å². The maximum absolute atomic E-state index is 12.8. The SMILES string of the molecule is CCCC/C=C\CCCCCCCC(=O)NC(COP(=O)(O)OCC[N+](C)(C)C)C(O)/C=C/CC/C=C/CC/C=C/CCCCCCCC. The molecule has 0 bridgehead atoms. The fraction of sp³-hybridized carbons (Fsp3) is 0.775. The molecule has 0 aromatic heterocycles. The van der Waals surface area contributed by atoms with Gasteiger partial charge in [0.1, 0.15) is 13.2 Å². The molecule has 0 heterocycles. The van der Waals surface area contributed by atoms with Crippen molar-refractivity contribution in [3.63, 3.8) is 0 Å². The molecular formula is C40H76N2O6P+. The monoisotopic (exact) mass is 712 g/mol. The lowest BCUT2D eigenvalue weighted by Gasteiger charge is -2.25. The van der Waals surface area contributed by atoms with Gasteiger partial charge in [0.2, 0.25) is 5.91 Å². The van der Waals surface area contributed by atoms with Crippen molar-refractivity contribution < 1.29 is 32.9 Å². The number of phosphoric ester groups is 1. The maximum atomic E-state index is 12.8. The van der Waals surface area contributed by atoms with Gasteiger partial charge in [0.25, 0.3) is 0 Å². The van der Waals surface area contributed by atoms with Crippen LogP contribution in [-0.2, 0) is 18.4 Å². The second-order valence-corrected chi connectivity index (χ2v) is 15.7. The number of amides is 1. The van der Waals surface area contributed by atoms with E-state index >= 15 is 0 Å². The van der Waals surface area contributed by atoms with Crippen molar-refractivity contribution >= 4 is 13.7 Å². The van der Waals surface area contributed by atoms with E-state index in [2.05, 4.69) is 55.6 Å². The van der Waals surface area contributed by atoms with Crippen LogP contribution < -0.4 is 5.32 Å². The van der Waals surface area contributed by atoms with Crippen LogP contribution in [0.1, 0.15) is 149 Å². The molecule has 49 heavy (non-hydrogen) atoms. The molecule has 3 unspecified atom stereocenters. The van der Waals surface area contributed by atoms with Crippen molar-refractivity contribution in [1.82, 2.24) is 5.32 Å². The van der Waals surface area contributed by atoms with Gasteiger partial charge < -0.3 is 19.8 Å². The fourth-order valence-electron chi connectivity index (χ4n) is 5.05. The molecule has 3 atom stereocenters. The van der Waals surface area contributed by atoms with E-state index in [1.165, 1.54) is 57.8 Å². The minimum Gasteiger partial charge on any atom is -0.387 e. The largest absolute Gasteiger partial charge is 0.472 e. The van der Waals surface area contributed by atoms with Gasteiger partial charge in [-0.25, -0.2) is 4.57 Å². The average Bonchev–Trinajstić information content (AvgIpc) is 3.04. The van der Waals surface area contributed by atoms with Gasteiger partial charge in [-0.15, -0.1) is 0 Å². The van der Waals surface area contributed by atoms with E-state index < -0.39 is 20.0 Å². The summed E-state index contributed by atoms with van der Waals surface area (Å²) in [5.74, 6) is -0.206. The predicted octanol–water partition coefficient (Wildman–Crippen LogP) is 10.1. The number of rotatable bonds is 34. The van der Waals surface area contributed by atoms with Crippen LogP contribution in [0.15, 0.2) is 48.6 Å². The van der Waals surface area contributed by atoms with Gasteiger partial charge in [-0.2, -0.15) is 0 Å². The number of carbonyl (C=O) groups excluding carboxylic acids is 1. The molecule has 0 saturated carbocycles. The third-order valence-electron chi connectivity index (χ3n) is 8.25. The van der Waals surface area contributed by atoms with Crippen LogP contribution in [-0.4, -0.2) is 73.4 Å². The van der Waals surface area contributed by atoms with E-state index in [9.17, 15) is 19.4 Å². The summed E-state index contributed by atoms with van der Waals surface area (Å²) in [4.78, 5) is 23.0. The van der Waals surface area contributed by atoms with Crippen molar-refractivity contribution in [2.45, 2.75) is 161 Å². The smallest absolute Gasteiger partial charge is 0.387 e. The number of nitrogens with one attached hydrogen (secondary N) is 1. The maximum Gasteiger partial charge on any atom is 0.472 e. The number of phosphoric acid groups is 1. The number of hydrogen-bond donors (Lipinski definition) is 3. The van der Waals surface area contributed by atoms with Gasteiger partial charge >= 0.3 is 7.82 Å². The quantitative estimate of drug-likeness (QED) is 0.0266. The number of allylic oxidation sites excluding steroid dienone is 7. The Kier molecular flexibility index (Phi) is 31.4. The molecule has 8 nitrogen and oxygen atoms in total. The number of carbonyl (C=O) groups is 1. The molecule has 3 N–H and O–H groups in total. The number of quaternary nitrogens is 1. The third kappa shape index (κ3) is 34.7. The predicted molar refractivity (Wildman–Crippen MR) is 207 cm³/mol. The zero-order valence-corrected chi connectivity index (χ0v) is 33.1. The van der Waals surface area contributed by atoms with Gasteiger partial charge in [0.15, 0.2) is 0 Å². The first-order valence-electron chi connectivity index (χ1n) is 19.5. The molecule has 0 aliphatic carbocycles. The van der Waals surface area contributed by atoms with Crippen LogP contribution >= 0.6 is 7.82 Å². The molecule has 0 aliphatic rings. The van der Waals surface area contributed by atoms with Crippen molar-refractivity contribution in [1.29, 1.82) is 0 Å². The highest BCUT2D eigenvalue weighted by Crippen LogP contribution is 2.43. The fourth-order valence-corrected chi connectivity index (χ4v) is 5.79. The summed E-state index contributed by atoms with van der Waals surface area (Å²) >= 11 is 0. The molecule has 9 heteroatoms. The summed E-state index contributed by atoms with van der Waals surface area (Å²) in [7, 11) is 1.53. The molecule has 0 radical (unpaired) electrons. The van der Waals surface area contributed by atoms with Crippen LogP contribution in [0.25, 0.3) is 0 Å². The Labute approximate surface area is 301 Å². The molecule has 1 amide bonds. The summed E-state index contributed by atoms with van der Waals surface area (Å²) in [5.41, 5.74) is 0. The van der Waals surface area contributed by atoms with E-state index in [0.29, 0.717) is 17.4 Å².